The highest BCUT2D eigenvalue weighted by Crippen LogP contribution is 2.29. The second-order valence-electron chi connectivity index (χ2n) is 5.98. The van der Waals surface area contributed by atoms with Crippen molar-refractivity contribution in [2.24, 2.45) is 16.8 Å². The number of aliphatic imine (C=N–C) groups is 1. The molecule has 6 heteroatoms. The van der Waals surface area contributed by atoms with Crippen molar-refractivity contribution in [3.8, 4) is 0 Å². The van der Waals surface area contributed by atoms with Crippen LogP contribution in [0.3, 0.4) is 0 Å². The van der Waals surface area contributed by atoms with Gasteiger partial charge < -0.3 is 4.74 Å². The Morgan fingerprint density at radius 3 is 2.58 bits per heavy atom. The Bertz CT molecular complexity index is 445. The summed E-state index contributed by atoms with van der Waals surface area (Å²) in [5.74, 6) is 1.33. The summed E-state index contributed by atoms with van der Waals surface area (Å²) in [7, 11) is -3.18. The van der Waals surface area contributed by atoms with E-state index in [1.165, 1.54) is 6.26 Å². The van der Waals surface area contributed by atoms with Crippen molar-refractivity contribution >= 4 is 15.9 Å². The Labute approximate surface area is 115 Å². The molecular weight excluding hydrogens is 264 g/mol. The number of nitrogens with zero attached hydrogens (tertiary/aromatic N) is 1. The molecule has 0 spiro atoms. The maximum atomic E-state index is 11.4. The van der Waals surface area contributed by atoms with Crippen LogP contribution in [0.5, 0.6) is 0 Å². The lowest BCUT2D eigenvalue weighted by Gasteiger charge is -2.30. The topological polar surface area (TPSA) is 67.8 Å². The van der Waals surface area contributed by atoms with Gasteiger partial charge in [0.15, 0.2) is 5.90 Å². The summed E-state index contributed by atoms with van der Waals surface area (Å²) >= 11 is 0. The summed E-state index contributed by atoms with van der Waals surface area (Å²) in [5, 5.41) is 0. The molecule has 0 radical (unpaired) electrons. The molecule has 0 aromatic heterocycles. The molecular formula is C13H24N2O3S. The summed E-state index contributed by atoms with van der Waals surface area (Å²) in [6, 6.07) is 0.157. The fraction of sp³-hybridized carbons (Fsp3) is 0.923. The molecule has 1 saturated carbocycles. The zero-order valence-electron chi connectivity index (χ0n) is 11.9. The van der Waals surface area contributed by atoms with Crippen LogP contribution in [-0.2, 0) is 14.8 Å². The van der Waals surface area contributed by atoms with E-state index in [9.17, 15) is 8.42 Å². The maximum Gasteiger partial charge on any atom is 0.208 e. The summed E-state index contributed by atoms with van der Waals surface area (Å²) in [6.07, 6.45) is 5.21. The average molecular weight is 288 g/mol. The molecule has 1 heterocycles. The highest BCUT2D eigenvalue weighted by Gasteiger charge is 2.35. The van der Waals surface area contributed by atoms with Crippen molar-refractivity contribution in [1.29, 1.82) is 0 Å². The van der Waals surface area contributed by atoms with Gasteiger partial charge in [0.2, 0.25) is 10.0 Å². The molecule has 0 amide bonds. The smallest absolute Gasteiger partial charge is 0.208 e. The average Bonchev–Trinajstić information content (AvgIpc) is 2.76. The number of sulfonamides is 1. The van der Waals surface area contributed by atoms with Gasteiger partial charge in [-0.25, -0.2) is 18.1 Å². The normalized spacial score (nSPS) is 32.2. The van der Waals surface area contributed by atoms with Gasteiger partial charge >= 0.3 is 0 Å². The lowest BCUT2D eigenvalue weighted by molar-refractivity contribution is 0.252. The lowest BCUT2D eigenvalue weighted by atomic mass is 9.85. The Hall–Kier alpha value is -0.620. The van der Waals surface area contributed by atoms with E-state index in [2.05, 4.69) is 23.6 Å². The summed E-state index contributed by atoms with van der Waals surface area (Å²) < 4.78 is 31.3. The van der Waals surface area contributed by atoms with Crippen molar-refractivity contribution in [1.82, 2.24) is 4.72 Å². The number of hydrogen-bond donors (Lipinski definition) is 1. The third kappa shape index (κ3) is 3.92. The highest BCUT2D eigenvalue weighted by atomic mass is 32.2. The van der Waals surface area contributed by atoms with Gasteiger partial charge in [0.1, 0.15) is 6.61 Å². The van der Waals surface area contributed by atoms with E-state index >= 15 is 0 Å². The van der Waals surface area contributed by atoms with E-state index < -0.39 is 10.0 Å². The molecule has 1 aliphatic carbocycles. The molecule has 2 rings (SSSR count). The standard InChI is InChI=1S/C13H24N2O3S/c1-9(2)12-8-18-13(14-12)10-6-4-5-7-11(10)15-19(3,16)17/h9-12,15H,4-8H2,1-3H3. The van der Waals surface area contributed by atoms with Gasteiger partial charge in [-0.05, 0) is 18.8 Å². The first-order valence-electron chi connectivity index (χ1n) is 7.04. The van der Waals surface area contributed by atoms with Crippen LogP contribution >= 0.6 is 0 Å². The van der Waals surface area contributed by atoms with Gasteiger partial charge in [0.05, 0.1) is 18.2 Å². The fourth-order valence-corrected chi connectivity index (χ4v) is 3.63. The van der Waals surface area contributed by atoms with E-state index in [4.69, 9.17) is 4.74 Å². The molecule has 1 aliphatic heterocycles. The largest absolute Gasteiger partial charge is 0.478 e. The molecule has 1 fully saturated rings. The van der Waals surface area contributed by atoms with Crippen LogP contribution < -0.4 is 4.72 Å². The number of ether oxygens (including phenoxy) is 1. The Morgan fingerprint density at radius 1 is 1.32 bits per heavy atom. The van der Waals surface area contributed by atoms with Gasteiger partial charge in [0.25, 0.3) is 0 Å². The minimum atomic E-state index is -3.18. The number of nitrogens with one attached hydrogen (secondary N) is 1. The molecule has 3 atom stereocenters. The Balaban J connectivity index is 2.10. The summed E-state index contributed by atoms with van der Waals surface area (Å²) in [6.45, 7) is 4.90. The van der Waals surface area contributed by atoms with E-state index in [1.807, 2.05) is 0 Å². The highest BCUT2D eigenvalue weighted by molar-refractivity contribution is 7.88. The van der Waals surface area contributed by atoms with Crippen LogP contribution in [0.4, 0.5) is 0 Å². The Morgan fingerprint density at radius 2 is 2.00 bits per heavy atom. The molecule has 19 heavy (non-hydrogen) atoms. The number of rotatable bonds is 4. The SMILES string of the molecule is CC(C)C1COC(C2CCCCC2NS(C)(=O)=O)=N1. The molecule has 1 N–H and O–H groups in total. The molecule has 0 saturated heterocycles. The van der Waals surface area contributed by atoms with Crippen LogP contribution in [0.1, 0.15) is 39.5 Å². The molecule has 0 aromatic carbocycles. The van der Waals surface area contributed by atoms with Crippen LogP contribution in [0.25, 0.3) is 0 Å². The molecule has 0 aromatic rings. The molecule has 110 valence electrons. The molecule has 2 aliphatic rings. The van der Waals surface area contributed by atoms with Crippen molar-refractivity contribution in [2.75, 3.05) is 12.9 Å². The zero-order chi connectivity index (χ0) is 14.0. The number of hydrogen-bond acceptors (Lipinski definition) is 4. The zero-order valence-corrected chi connectivity index (χ0v) is 12.7. The van der Waals surface area contributed by atoms with E-state index in [1.54, 1.807) is 0 Å². The third-order valence-corrected chi connectivity index (χ3v) is 4.64. The summed E-state index contributed by atoms with van der Waals surface area (Å²) in [5.41, 5.74) is 0. The third-order valence-electron chi connectivity index (χ3n) is 3.91. The summed E-state index contributed by atoms with van der Waals surface area (Å²) in [4.78, 5) is 4.65. The monoisotopic (exact) mass is 288 g/mol. The van der Waals surface area contributed by atoms with Crippen molar-refractivity contribution < 1.29 is 13.2 Å². The van der Waals surface area contributed by atoms with Gasteiger partial charge in [0, 0.05) is 6.04 Å². The van der Waals surface area contributed by atoms with Gasteiger partial charge in [-0.2, -0.15) is 0 Å². The minimum absolute atomic E-state index is 0.0617. The molecule has 3 unspecified atom stereocenters. The first-order valence-corrected chi connectivity index (χ1v) is 8.94. The second-order valence-corrected chi connectivity index (χ2v) is 7.76. The maximum absolute atomic E-state index is 11.4. The first kappa shape index (κ1) is 14.8. The molecule has 0 bridgehead atoms. The predicted molar refractivity (Wildman–Crippen MR) is 75.7 cm³/mol. The van der Waals surface area contributed by atoms with Crippen molar-refractivity contribution in [2.45, 2.75) is 51.6 Å². The van der Waals surface area contributed by atoms with Crippen LogP contribution in [0.2, 0.25) is 0 Å². The van der Waals surface area contributed by atoms with Gasteiger partial charge in [-0.15, -0.1) is 0 Å². The second kappa shape index (κ2) is 5.79. The molecule has 5 nitrogen and oxygen atoms in total. The first-order chi connectivity index (χ1) is 8.87. The van der Waals surface area contributed by atoms with Crippen LogP contribution in [0, 0.1) is 11.8 Å². The van der Waals surface area contributed by atoms with Crippen LogP contribution in [0.15, 0.2) is 4.99 Å². The fourth-order valence-electron chi connectivity index (χ4n) is 2.80. The van der Waals surface area contributed by atoms with Crippen molar-refractivity contribution in [3.63, 3.8) is 0 Å². The lowest BCUT2D eigenvalue weighted by Crippen LogP contribution is -2.44. The van der Waals surface area contributed by atoms with E-state index in [0.717, 1.165) is 31.6 Å². The predicted octanol–water partition coefficient (Wildman–Crippen LogP) is 1.55. The van der Waals surface area contributed by atoms with E-state index in [-0.39, 0.29) is 18.0 Å². The van der Waals surface area contributed by atoms with Crippen LogP contribution in [-0.4, -0.2) is 39.3 Å². The minimum Gasteiger partial charge on any atom is -0.478 e. The van der Waals surface area contributed by atoms with E-state index in [0.29, 0.717) is 12.5 Å². The quantitative estimate of drug-likeness (QED) is 0.853. The Kier molecular flexibility index (Phi) is 4.50. The van der Waals surface area contributed by atoms with Crippen molar-refractivity contribution in [3.05, 3.63) is 0 Å². The van der Waals surface area contributed by atoms with Gasteiger partial charge in [-0.1, -0.05) is 26.7 Å². The van der Waals surface area contributed by atoms with Gasteiger partial charge in [-0.3, -0.25) is 0 Å².